The molecule has 0 aromatic carbocycles. The maximum absolute atomic E-state index is 11.0. The summed E-state index contributed by atoms with van der Waals surface area (Å²) in [4.78, 5) is 12.2. The average molecular weight is 220 g/mol. The molecule has 0 radical (unpaired) electrons. The lowest BCUT2D eigenvalue weighted by molar-refractivity contribution is 0.100. The molecule has 5 heteroatoms. The maximum atomic E-state index is 11.0. The molecule has 0 atom stereocenters. The molecule has 0 fully saturated rings. The van der Waals surface area contributed by atoms with Gasteiger partial charge in [0.25, 0.3) is 5.91 Å². The van der Waals surface area contributed by atoms with E-state index in [0.29, 0.717) is 22.3 Å². The fourth-order valence-corrected chi connectivity index (χ4v) is 2.10. The second kappa shape index (κ2) is 3.98. The fourth-order valence-electron chi connectivity index (χ4n) is 0.939. The van der Waals surface area contributed by atoms with Crippen molar-refractivity contribution in [2.75, 3.05) is 6.61 Å². The molecular formula is C8H10ClNO2S. The van der Waals surface area contributed by atoms with E-state index < -0.39 is 5.91 Å². The molecule has 72 valence electrons. The number of halogens is 1. The lowest BCUT2D eigenvalue weighted by Gasteiger charge is -2.02. The van der Waals surface area contributed by atoms with Crippen molar-refractivity contribution in [2.24, 2.45) is 5.73 Å². The molecule has 1 rings (SSSR count). The van der Waals surface area contributed by atoms with Gasteiger partial charge in [0.2, 0.25) is 0 Å². The van der Waals surface area contributed by atoms with Gasteiger partial charge >= 0.3 is 0 Å². The molecule has 0 saturated carbocycles. The predicted molar refractivity (Wildman–Crippen MR) is 53.8 cm³/mol. The van der Waals surface area contributed by atoms with Crippen LogP contribution in [0.5, 0.6) is 5.75 Å². The molecule has 0 spiro atoms. The van der Waals surface area contributed by atoms with Gasteiger partial charge in [-0.1, -0.05) is 11.6 Å². The number of hydrogen-bond acceptors (Lipinski definition) is 3. The lowest BCUT2D eigenvalue weighted by Crippen LogP contribution is -2.10. The molecule has 1 aromatic heterocycles. The van der Waals surface area contributed by atoms with Crippen molar-refractivity contribution in [2.45, 2.75) is 13.8 Å². The fraction of sp³-hybridized carbons (Fsp3) is 0.375. The minimum absolute atomic E-state index is 0.393. The SMILES string of the molecule is CCOc1c(C(N)=O)sc(C)c1Cl. The summed E-state index contributed by atoms with van der Waals surface area (Å²) in [5.41, 5.74) is 5.16. The average Bonchev–Trinajstić information content (AvgIpc) is 2.33. The van der Waals surface area contributed by atoms with E-state index in [-0.39, 0.29) is 0 Å². The van der Waals surface area contributed by atoms with Crippen molar-refractivity contribution in [1.82, 2.24) is 0 Å². The van der Waals surface area contributed by atoms with Gasteiger partial charge in [-0.2, -0.15) is 0 Å². The zero-order valence-corrected chi connectivity index (χ0v) is 8.96. The van der Waals surface area contributed by atoms with Crippen LogP contribution >= 0.6 is 22.9 Å². The van der Waals surface area contributed by atoms with Crippen LogP contribution in [-0.4, -0.2) is 12.5 Å². The molecule has 0 bridgehead atoms. The Morgan fingerprint density at radius 1 is 1.69 bits per heavy atom. The van der Waals surface area contributed by atoms with Gasteiger partial charge in [0.15, 0.2) is 5.75 Å². The molecule has 1 aromatic rings. The molecule has 0 unspecified atom stereocenters. The number of amides is 1. The van der Waals surface area contributed by atoms with Crippen molar-refractivity contribution < 1.29 is 9.53 Å². The Morgan fingerprint density at radius 3 is 2.77 bits per heavy atom. The highest BCUT2D eigenvalue weighted by Crippen LogP contribution is 2.38. The molecule has 13 heavy (non-hydrogen) atoms. The van der Waals surface area contributed by atoms with E-state index in [1.165, 1.54) is 11.3 Å². The van der Waals surface area contributed by atoms with Gasteiger partial charge in [0.05, 0.1) is 11.6 Å². The number of aryl methyl sites for hydroxylation is 1. The topological polar surface area (TPSA) is 52.3 Å². The highest BCUT2D eigenvalue weighted by atomic mass is 35.5. The van der Waals surface area contributed by atoms with Crippen LogP contribution in [-0.2, 0) is 0 Å². The van der Waals surface area contributed by atoms with Crippen molar-refractivity contribution in [1.29, 1.82) is 0 Å². The molecule has 1 heterocycles. The van der Waals surface area contributed by atoms with E-state index in [2.05, 4.69) is 0 Å². The Morgan fingerprint density at radius 2 is 2.31 bits per heavy atom. The number of nitrogens with two attached hydrogens (primary N) is 1. The van der Waals surface area contributed by atoms with Gasteiger partial charge in [0.1, 0.15) is 4.88 Å². The van der Waals surface area contributed by atoms with Crippen LogP contribution < -0.4 is 10.5 Å². The quantitative estimate of drug-likeness (QED) is 0.848. The first-order chi connectivity index (χ1) is 6.07. The number of ether oxygens (including phenoxy) is 1. The van der Waals surface area contributed by atoms with Crippen LogP contribution in [0.1, 0.15) is 21.5 Å². The Bertz CT molecular complexity index is 335. The van der Waals surface area contributed by atoms with Crippen molar-refractivity contribution in [3.8, 4) is 5.75 Å². The standard InChI is InChI=1S/C8H10ClNO2S/c1-3-12-6-5(9)4(2)13-7(6)8(10)11/h3H2,1-2H3,(H2,10,11). The zero-order chi connectivity index (χ0) is 10.0. The summed E-state index contributed by atoms with van der Waals surface area (Å²) in [6, 6.07) is 0. The Balaban J connectivity index is 3.18. The van der Waals surface area contributed by atoms with Crippen LogP contribution in [0.4, 0.5) is 0 Å². The maximum Gasteiger partial charge on any atom is 0.262 e. The summed E-state index contributed by atoms with van der Waals surface area (Å²) in [6.07, 6.45) is 0. The number of carbonyl (C=O) groups is 1. The van der Waals surface area contributed by atoms with Gasteiger partial charge in [-0.15, -0.1) is 11.3 Å². The van der Waals surface area contributed by atoms with Crippen LogP contribution in [0.3, 0.4) is 0 Å². The summed E-state index contributed by atoms with van der Waals surface area (Å²) >= 11 is 7.17. The van der Waals surface area contributed by atoms with E-state index in [9.17, 15) is 4.79 Å². The molecular weight excluding hydrogens is 210 g/mol. The van der Waals surface area contributed by atoms with Crippen molar-refractivity contribution in [3.63, 3.8) is 0 Å². The number of thiophene rings is 1. The number of primary amides is 1. The van der Waals surface area contributed by atoms with Crippen LogP contribution in [0, 0.1) is 6.92 Å². The third-order valence-corrected chi connectivity index (χ3v) is 3.15. The van der Waals surface area contributed by atoms with Crippen molar-refractivity contribution >= 4 is 28.8 Å². The monoisotopic (exact) mass is 219 g/mol. The molecule has 3 nitrogen and oxygen atoms in total. The van der Waals surface area contributed by atoms with E-state index >= 15 is 0 Å². The number of hydrogen-bond donors (Lipinski definition) is 1. The summed E-state index contributed by atoms with van der Waals surface area (Å²) in [6.45, 7) is 4.12. The Kier molecular flexibility index (Phi) is 3.17. The molecule has 2 N–H and O–H groups in total. The zero-order valence-electron chi connectivity index (χ0n) is 7.39. The van der Waals surface area contributed by atoms with Gasteiger partial charge in [-0.25, -0.2) is 0 Å². The number of carbonyl (C=O) groups excluding carboxylic acids is 1. The summed E-state index contributed by atoms with van der Waals surface area (Å²) < 4.78 is 5.23. The summed E-state index contributed by atoms with van der Waals surface area (Å²) in [7, 11) is 0. The normalized spacial score (nSPS) is 10.1. The van der Waals surface area contributed by atoms with Gasteiger partial charge in [-0.05, 0) is 13.8 Å². The second-order valence-electron chi connectivity index (χ2n) is 2.43. The minimum atomic E-state index is -0.497. The smallest absolute Gasteiger partial charge is 0.262 e. The minimum Gasteiger partial charge on any atom is -0.491 e. The van der Waals surface area contributed by atoms with Crippen LogP contribution in [0.15, 0.2) is 0 Å². The van der Waals surface area contributed by atoms with Crippen molar-refractivity contribution in [3.05, 3.63) is 14.8 Å². The predicted octanol–water partition coefficient (Wildman–Crippen LogP) is 2.21. The molecule has 0 aliphatic rings. The highest BCUT2D eigenvalue weighted by Gasteiger charge is 2.18. The first-order valence-corrected chi connectivity index (χ1v) is 4.98. The highest BCUT2D eigenvalue weighted by molar-refractivity contribution is 7.15. The molecule has 1 amide bonds. The van der Waals surface area contributed by atoms with E-state index in [4.69, 9.17) is 22.1 Å². The summed E-state index contributed by atoms with van der Waals surface area (Å²) in [5.74, 6) is -0.0809. The molecule has 0 aliphatic carbocycles. The second-order valence-corrected chi connectivity index (χ2v) is 4.03. The first-order valence-electron chi connectivity index (χ1n) is 3.79. The Labute approximate surface area is 85.4 Å². The number of rotatable bonds is 3. The van der Waals surface area contributed by atoms with Crippen LogP contribution in [0.25, 0.3) is 0 Å². The molecule has 0 saturated heterocycles. The third kappa shape index (κ3) is 1.95. The van der Waals surface area contributed by atoms with E-state index in [1.807, 2.05) is 13.8 Å². The third-order valence-electron chi connectivity index (χ3n) is 1.48. The van der Waals surface area contributed by atoms with E-state index in [0.717, 1.165) is 4.88 Å². The Hall–Kier alpha value is -0.740. The van der Waals surface area contributed by atoms with E-state index in [1.54, 1.807) is 0 Å². The lowest BCUT2D eigenvalue weighted by atomic mass is 10.4. The van der Waals surface area contributed by atoms with Gasteiger partial charge < -0.3 is 10.5 Å². The van der Waals surface area contributed by atoms with Crippen LogP contribution in [0.2, 0.25) is 5.02 Å². The molecule has 0 aliphatic heterocycles. The first kappa shape index (κ1) is 10.3. The summed E-state index contributed by atoms with van der Waals surface area (Å²) in [5, 5.41) is 0.487. The van der Waals surface area contributed by atoms with Gasteiger partial charge in [0, 0.05) is 4.88 Å². The largest absolute Gasteiger partial charge is 0.491 e. The van der Waals surface area contributed by atoms with Gasteiger partial charge in [-0.3, -0.25) is 4.79 Å².